The van der Waals surface area contributed by atoms with E-state index in [4.69, 9.17) is 0 Å². The number of rotatable bonds is 7. The van der Waals surface area contributed by atoms with Crippen LogP contribution in [0.2, 0.25) is 0 Å². The number of nitrogens with one attached hydrogen (secondary N) is 2. The Bertz CT molecular complexity index is 901. The number of hydrogen-bond acceptors (Lipinski definition) is 7. The first kappa shape index (κ1) is 19.5. The Labute approximate surface area is 162 Å². The van der Waals surface area contributed by atoms with Gasteiger partial charge in [0, 0.05) is 35.2 Å². The molecule has 0 aliphatic heterocycles. The molecule has 0 unspecified atom stereocenters. The van der Waals surface area contributed by atoms with Crippen molar-refractivity contribution in [2.45, 2.75) is 25.7 Å². The predicted octanol–water partition coefficient (Wildman–Crippen LogP) is 3.16. The van der Waals surface area contributed by atoms with Gasteiger partial charge in [-0.15, -0.1) is 11.3 Å². The van der Waals surface area contributed by atoms with Crippen LogP contribution in [0.4, 0.5) is 10.9 Å². The van der Waals surface area contributed by atoms with Crippen LogP contribution in [0.15, 0.2) is 36.0 Å². The van der Waals surface area contributed by atoms with Crippen LogP contribution >= 0.6 is 11.3 Å². The molecule has 2 N–H and O–H groups in total. The number of sulfone groups is 1. The quantitative estimate of drug-likeness (QED) is 0.685. The number of anilines is 2. The topological polar surface area (TPSA) is 101 Å². The third kappa shape index (κ3) is 5.86. The molecule has 2 aromatic heterocycles. The van der Waals surface area contributed by atoms with E-state index in [0.29, 0.717) is 28.0 Å². The maximum atomic E-state index is 12.8. The van der Waals surface area contributed by atoms with Crippen LogP contribution in [0.5, 0.6) is 0 Å². The summed E-state index contributed by atoms with van der Waals surface area (Å²) in [5, 5.41) is 7.95. The van der Waals surface area contributed by atoms with Crippen LogP contribution in [0, 0.1) is 5.92 Å². The minimum atomic E-state index is -3.14. The summed E-state index contributed by atoms with van der Waals surface area (Å²) in [4.78, 5) is 21.2. The molecule has 7 nitrogen and oxygen atoms in total. The summed E-state index contributed by atoms with van der Waals surface area (Å²) in [5.74, 6) is 0.430. The number of hydrogen-bond donors (Lipinski definition) is 2. The lowest BCUT2D eigenvalue weighted by molar-refractivity contribution is -0.111. The number of carbonyl (C=O) groups is 1. The van der Waals surface area contributed by atoms with Gasteiger partial charge in [-0.3, -0.25) is 10.1 Å². The first-order valence-corrected chi connectivity index (χ1v) is 11.7. The molecule has 0 radical (unpaired) electrons. The van der Waals surface area contributed by atoms with Gasteiger partial charge in [0.25, 0.3) is 5.91 Å². The fourth-order valence-corrected chi connectivity index (χ4v) is 3.91. The van der Waals surface area contributed by atoms with E-state index in [1.54, 1.807) is 29.9 Å². The van der Waals surface area contributed by atoms with Gasteiger partial charge < -0.3 is 5.32 Å². The van der Waals surface area contributed by atoms with E-state index in [9.17, 15) is 13.2 Å². The van der Waals surface area contributed by atoms with Gasteiger partial charge in [-0.1, -0.05) is 18.9 Å². The van der Waals surface area contributed by atoms with E-state index in [0.717, 1.165) is 19.1 Å². The highest BCUT2D eigenvalue weighted by Gasteiger charge is 2.19. The molecule has 1 aliphatic rings. The summed E-state index contributed by atoms with van der Waals surface area (Å²) in [7, 11) is -3.14. The molecule has 27 heavy (non-hydrogen) atoms. The lowest BCUT2D eigenvalue weighted by Crippen LogP contribution is -2.15. The average Bonchev–Trinajstić information content (AvgIpc) is 3.31. The number of carbonyl (C=O) groups excluding carboxylic acids is 1. The lowest BCUT2D eigenvalue weighted by Gasteiger charge is -2.11. The molecule has 144 valence electrons. The highest BCUT2D eigenvalue weighted by atomic mass is 32.2. The van der Waals surface area contributed by atoms with Crippen molar-refractivity contribution in [1.82, 2.24) is 9.97 Å². The van der Waals surface area contributed by atoms with Crippen molar-refractivity contribution in [3.63, 3.8) is 0 Å². The summed E-state index contributed by atoms with van der Waals surface area (Å²) in [6.45, 7) is 0. The summed E-state index contributed by atoms with van der Waals surface area (Å²) in [5.41, 5.74) is 1.26. The minimum absolute atomic E-state index is 0.186. The summed E-state index contributed by atoms with van der Waals surface area (Å²) in [6, 6.07) is 3.46. The molecule has 2 heterocycles. The standard InChI is InChI=1S/C18H22N4O3S2/c1-27(24,25)12-21-16-7-6-14(11-20-16)15(10-13-4-2-3-5-13)17(23)22-18-19-8-9-26-18/h6-11,13H,2-5,12H2,1H3,(H,20,21)(H,19,22,23). The van der Waals surface area contributed by atoms with Crippen molar-refractivity contribution < 1.29 is 13.2 Å². The van der Waals surface area contributed by atoms with Gasteiger partial charge in [-0.2, -0.15) is 0 Å². The van der Waals surface area contributed by atoms with E-state index in [1.165, 1.54) is 24.2 Å². The molecule has 0 saturated heterocycles. The second-order valence-corrected chi connectivity index (χ2v) is 9.63. The summed E-state index contributed by atoms with van der Waals surface area (Å²) < 4.78 is 22.5. The highest BCUT2D eigenvalue weighted by molar-refractivity contribution is 7.90. The fourth-order valence-electron chi connectivity index (χ4n) is 2.98. The molecule has 0 spiro atoms. The molecular formula is C18H22N4O3S2. The molecule has 1 fully saturated rings. The van der Waals surface area contributed by atoms with E-state index >= 15 is 0 Å². The normalized spacial score (nSPS) is 15.7. The van der Waals surface area contributed by atoms with Gasteiger partial charge in [0.15, 0.2) is 15.0 Å². The van der Waals surface area contributed by atoms with Crippen LogP contribution < -0.4 is 10.6 Å². The van der Waals surface area contributed by atoms with Crippen LogP contribution in [0.1, 0.15) is 31.2 Å². The number of thiazole rings is 1. The number of allylic oxidation sites excluding steroid dienone is 1. The van der Waals surface area contributed by atoms with Crippen LogP contribution in [0.3, 0.4) is 0 Å². The zero-order valence-electron chi connectivity index (χ0n) is 15.0. The van der Waals surface area contributed by atoms with Gasteiger partial charge in [0.05, 0.1) is 0 Å². The fraction of sp³-hybridized carbons (Fsp3) is 0.389. The number of aromatic nitrogens is 2. The Balaban J connectivity index is 1.80. The molecular weight excluding hydrogens is 384 g/mol. The van der Waals surface area contributed by atoms with E-state index in [1.807, 2.05) is 6.08 Å². The SMILES string of the molecule is CS(=O)(=O)CNc1ccc(C(=CC2CCCC2)C(=O)Nc2nccs2)cn1. The van der Waals surface area contributed by atoms with Gasteiger partial charge in [0.1, 0.15) is 11.7 Å². The number of pyridine rings is 1. The lowest BCUT2D eigenvalue weighted by atomic mass is 9.99. The Morgan fingerprint density at radius 2 is 2.07 bits per heavy atom. The van der Waals surface area contributed by atoms with Crippen molar-refractivity contribution >= 4 is 43.6 Å². The summed E-state index contributed by atoms with van der Waals surface area (Å²) in [6.07, 6.45) is 10.9. The van der Waals surface area contributed by atoms with E-state index in [2.05, 4.69) is 20.6 Å². The Morgan fingerprint density at radius 3 is 2.67 bits per heavy atom. The molecule has 0 aromatic carbocycles. The largest absolute Gasteiger partial charge is 0.356 e. The zero-order chi connectivity index (χ0) is 19.3. The second-order valence-electron chi connectivity index (χ2n) is 6.60. The maximum absolute atomic E-state index is 12.8. The van der Waals surface area contributed by atoms with Crippen molar-refractivity contribution in [2.24, 2.45) is 5.92 Å². The monoisotopic (exact) mass is 406 g/mol. The van der Waals surface area contributed by atoms with Crippen molar-refractivity contribution in [2.75, 3.05) is 22.8 Å². The Hall–Kier alpha value is -2.26. The van der Waals surface area contributed by atoms with Crippen LogP contribution in [-0.4, -0.2) is 36.4 Å². The van der Waals surface area contributed by atoms with Crippen LogP contribution in [-0.2, 0) is 14.6 Å². The first-order valence-electron chi connectivity index (χ1n) is 8.71. The maximum Gasteiger partial charge on any atom is 0.257 e. The summed E-state index contributed by atoms with van der Waals surface area (Å²) >= 11 is 1.37. The third-order valence-corrected chi connectivity index (χ3v) is 5.65. The van der Waals surface area contributed by atoms with Crippen molar-refractivity contribution in [3.05, 3.63) is 41.5 Å². The molecule has 2 aromatic rings. The molecule has 0 bridgehead atoms. The van der Waals surface area contributed by atoms with Gasteiger partial charge in [-0.25, -0.2) is 18.4 Å². The predicted molar refractivity (Wildman–Crippen MR) is 108 cm³/mol. The Kier molecular flexibility index (Phi) is 6.22. The molecule has 1 saturated carbocycles. The zero-order valence-corrected chi connectivity index (χ0v) is 16.6. The van der Waals surface area contributed by atoms with E-state index in [-0.39, 0.29) is 11.8 Å². The van der Waals surface area contributed by atoms with Crippen molar-refractivity contribution in [1.29, 1.82) is 0 Å². The smallest absolute Gasteiger partial charge is 0.257 e. The third-order valence-electron chi connectivity index (χ3n) is 4.29. The first-order chi connectivity index (χ1) is 12.9. The number of nitrogens with zero attached hydrogens (tertiary/aromatic N) is 2. The molecule has 1 aliphatic carbocycles. The van der Waals surface area contributed by atoms with Gasteiger partial charge >= 0.3 is 0 Å². The minimum Gasteiger partial charge on any atom is -0.356 e. The van der Waals surface area contributed by atoms with E-state index < -0.39 is 9.84 Å². The average molecular weight is 407 g/mol. The second kappa shape index (κ2) is 8.62. The van der Waals surface area contributed by atoms with Gasteiger partial charge in [-0.05, 0) is 30.9 Å². The van der Waals surface area contributed by atoms with Gasteiger partial charge in [0.2, 0.25) is 0 Å². The van der Waals surface area contributed by atoms with Crippen LogP contribution in [0.25, 0.3) is 5.57 Å². The molecule has 1 amide bonds. The highest BCUT2D eigenvalue weighted by Crippen LogP contribution is 2.30. The molecule has 3 rings (SSSR count). The molecule has 0 atom stereocenters. The van der Waals surface area contributed by atoms with Crippen molar-refractivity contribution in [3.8, 4) is 0 Å². The Morgan fingerprint density at radius 1 is 1.30 bits per heavy atom. The number of amides is 1. The molecule has 9 heteroatoms.